The lowest BCUT2D eigenvalue weighted by molar-refractivity contribution is 0.0935. The quantitative estimate of drug-likeness (QED) is 0.713. The molecule has 7 nitrogen and oxygen atoms in total. The predicted octanol–water partition coefficient (Wildman–Crippen LogP) is 3.13. The minimum Gasteiger partial charge on any atom is -0.496 e. The summed E-state index contributed by atoms with van der Waals surface area (Å²) in [5.41, 5.74) is 2.96. The summed E-state index contributed by atoms with van der Waals surface area (Å²) in [5.74, 6) is 0.595. The van der Waals surface area contributed by atoms with Crippen LogP contribution in [-0.2, 0) is 10.2 Å². The molecule has 0 bridgehead atoms. The van der Waals surface area contributed by atoms with Gasteiger partial charge in [-0.1, -0.05) is 19.1 Å². The fraction of sp³-hybridized carbons (Fsp3) is 0.381. The molecule has 2 aromatic carbocycles. The lowest BCUT2D eigenvalue weighted by Crippen LogP contribution is -2.37. The molecule has 1 atom stereocenters. The Hall–Kier alpha value is -2.58. The SMILES string of the molecule is CC[C@@H](NC(=O)c1ccc(N(C)S(=O)(=O)N(C)C)cc1)c1ccc(OC)c(C)c1. The Kier molecular flexibility index (Phi) is 7.26. The minimum atomic E-state index is -3.58. The van der Waals surface area contributed by atoms with Crippen molar-refractivity contribution in [1.82, 2.24) is 9.62 Å². The molecular formula is C21H29N3O4S. The van der Waals surface area contributed by atoms with E-state index < -0.39 is 10.2 Å². The van der Waals surface area contributed by atoms with Crippen molar-refractivity contribution in [2.75, 3.05) is 32.6 Å². The normalized spacial score (nSPS) is 12.5. The molecule has 158 valence electrons. The third kappa shape index (κ3) is 5.07. The second-order valence-corrected chi connectivity index (χ2v) is 9.14. The zero-order valence-corrected chi connectivity index (χ0v) is 18.6. The smallest absolute Gasteiger partial charge is 0.303 e. The summed E-state index contributed by atoms with van der Waals surface area (Å²) in [6.07, 6.45) is 0.736. The molecule has 1 amide bonds. The predicted molar refractivity (Wildman–Crippen MR) is 116 cm³/mol. The number of nitrogens with zero attached hydrogens (tertiary/aromatic N) is 2. The van der Waals surface area contributed by atoms with Gasteiger partial charge < -0.3 is 10.1 Å². The van der Waals surface area contributed by atoms with E-state index in [2.05, 4.69) is 5.32 Å². The average Bonchev–Trinajstić information content (AvgIpc) is 2.71. The molecule has 8 heteroatoms. The van der Waals surface area contributed by atoms with Crippen LogP contribution in [0, 0.1) is 6.92 Å². The average molecular weight is 420 g/mol. The van der Waals surface area contributed by atoms with Crippen LogP contribution < -0.4 is 14.4 Å². The van der Waals surface area contributed by atoms with Gasteiger partial charge in [-0.25, -0.2) is 0 Å². The van der Waals surface area contributed by atoms with E-state index >= 15 is 0 Å². The molecule has 0 unspecified atom stereocenters. The van der Waals surface area contributed by atoms with E-state index in [1.165, 1.54) is 25.4 Å². The van der Waals surface area contributed by atoms with Crippen molar-refractivity contribution in [3.63, 3.8) is 0 Å². The number of amides is 1. The molecule has 0 radical (unpaired) electrons. The van der Waals surface area contributed by atoms with E-state index in [-0.39, 0.29) is 11.9 Å². The Labute approximate surface area is 173 Å². The highest BCUT2D eigenvalue weighted by atomic mass is 32.2. The van der Waals surface area contributed by atoms with Crippen molar-refractivity contribution < 1.29 is 17.9 Å². The van der Waals surface area contributed by atoms with Crippen LogP contribution in [0.3, 0.4) is 0 Å². The van der Waals surface area contributed by atoms with Crippen LogP contribution in [0.2, 0.25) is 0 Å². The largest absolute Gasteiger partial charge is 0.496 e. The van der Waals surface area contributed by atoms with E-state index in [4.69, 9.17) is 4.74 Å². The summed E-state index contributed by atoms with van der Waals surface area (Å²) in [6.45, 7) is 3.97. The molecule has 2 rings (SSSR count). The summed E-state index contributed by atoms with van der Waals surface area (Å²) in [7, 11) is 2.47. The second kappa shape index (κ2) is 9.28. The topological polar surface area (TPSA) is 79.0 Å². The molecule has 0 heterocycles. The van der Waals surface area contributed by atoms with Gasteiger partial charge in [-0.15, -0.1) is 0 Å². The number of hydrogen-bond acceptors (Lipinski definition) is 4. The summed E-state index contributed by atoms with van der Waals surface area (Å²) in [4.78, 5) is 12.7. The number of ether oxygens (including phenoxy) is 1. The molecular weight excluding hydrogens is 390 g/mol. The van der Waals surface area contributed by atoms with Crippen molar-refractivity contribution in [3.05, 3.63) is 59.2 Å². The number of carbonyl (C=O) groups is 1. The number of methoxy groups -OCH3 is 1. The molecule has 0 aliphatic heterocycles. The first-order valence-electron chi connectivity index (χ1n) is 9.33. The molecule has 29 heavy (non-hydrogen) atoms. The maximum atomic E-state index is 12.7. The van der Waals surface area contributed by atoms with E-state index in [0.29, 0.717) is 11.3 Å². The lowest BCUT2D eigenvalue weighted by atomic mass is 10.0. The zero-order chi connectivity index (χ0) is 21.8. The van der Waals surface area contributed by atoms with Gasteiger partial charge in [0, 0.05) is 26.7 Å². The summed E-state index contributed by atoms with van der Waals surface area (Å²) >= 11 is 0. The maximum absolute atomic E-state index is 12.7. The molecule has 2 aromatic rings. The van der Waals surface area contributed by atoms with Crippen molar-refractivity contribution in [2.45, 2.75) is 26.3 Å². The van der Waals surface area contributed by atoms with Crippen molar-refractivity contribution in [3.8, 4) is 5.75 Å². The summed E-state index contributed by atoms with van der Waals surface area (Å²) < 4.78 is 32.1. The third-order valence-electron chi connectivity index (χ3n) is 4.84. The van der Waals surface area contributed by atoms with Gasteiger partial charge in [0.05, 0.1) is 18.8 Å². The van der Waals surface area contributed by atoms with Crippen LogP contribution in [-0.4, -0.2) is 46.9 Å². The first kappa shape index (κ1) is 22.7. The van der Waals surface area contributed by atoms with Gasteiger partial charge in [0.1, 0.15) is 5.75 Å². The van der Waals surface area contributed by atoms with Crippen LogP contribution in [0.5, 0.6) is 5.75 Å². The standard InChI is InChI=1S/C21H29N3O4S/c1-7-19(17-10-13-20(28-6)15(2)14-17)22-21(25)16-8-11-18(12-9-16)24(5)29(26,27)23(3)4/h8-14,19H,7H2,1-6H3,(H,22,25)/t19-/m1/s1. The Bertz CT molecular complexity index is 956. The van der Waals surface area contributed by atoms with E-state index in [9.17, 15) is 13.2 Å². The maximum Gasteiger partial charge on any atom is 0.303 e. The van der Waals surface area contributed by atoms with Crippen molar-refractivity contribution in [1.29, 1.82) is 0 Å². The van der Waals surface area contributed by atoms with Crippen LogP contribution in [0.4, 0.5) is 5.69 Å². The first-order valence-corrected chi connectivity index (χ1v) is 10.7. The molecule has 0 aliphatic rings. The van der Waals surface area contributed by atoms with Crippen LogP contribution in [0.25, 0.3) is 0 Å². The van der Waals surface area contributed by atoms with Gasteiger partial charge >= 0.3 is 10.2 Å². The van der Waals surface area contributed by atoms with Crippen molar-refractivity contribution >= 4 is 21.8 Å². The number of nitrogens with one attached hydrogen (secondary N) is 1. The lowest BCUT2D eigenvalue weighted by Gasteiger charge is -2.23. The van der Waals surface area contributed by atoms with Crippen molar-refractivity contribution in [2.24, 2.45) is 0 Å². The fourth-order valence-electron chi connectivity index (χ4n) is 2.98. The molecule has 0 aromatic heterocycles. The highest BCUT2D eigenvalue weighted by molar-refractivity contribution is 7.90. The van der Waals surface area contributed by atoms with Gasteiger partial charge in [-0.2, -0.15) is 12.7 Å². The molecule has 0 saturated carbocycles. The Morgan fingerprint density at radius 3 is 2.21 bits per heavy atom. The number of carbonyl (C=O) groups excluding carboxylic acids is 1. The molecule has 1 N–H and O–H groups in total. The Morgan fingerprint density at radius 1 is 1.10 bits per heavy atom. The highest BCUT2D eigenvalue weighted by Crippen LogP contribution is 2.25. The molecule has 0 fully saturated rings. The Morgan fingerprint density at radius 2 is 1.72 bits per heavy atom. The zero-order valence-electron chi connectivity index (χ0n) is 17.8. The summed E-state index contributed by atoms with van der Waals surface area (Å²) in [5, 5.41) is 3.04. The number of rotatable bonds is 8. The Balaban J connectivity index is 2.16. The number of aryl methyl sites for hydroxylation is 1. The first-order chi connectivity index (χ1) is 13.6. The fourth-order valence-corrected chi connectivity index (χ4v) is 3.86. The second-order valence-electron chi connectivity index (χ2n) is 6.97. The van der Waals surface area contributed by atoms with E-state index in [1.807, 2.05) is 32.0 Å². The van der Waals surface area contributed by atoms with Gasteiger partial charge in [0.25, 0.3) is 5.91 Å². The van der Waals surface area contributed by atoms with Crippen LogP contribution >= 0.6 is 0 Å². The van der Waals surface area contributed by atoms with Gasteiger partial charge in [0.15, 0.2) is 0 Å². The van der Waals surface area contributed by atoms with Crippen LogP contribution in [0.15, 0.2) is 42.5 Å². The number of anilines is 1. The van der Waals surface area contributed by atoms with Crippen LogP contribution in [0.1, 0.15) is 40.9 Å². The summed E-state index contributed by atoms with van der Waals surface area (Å²) in [6, 6.07) is 12.2. The van der Waals surface area contributed by atoms with E-state index in [0.717, 1.165) is 27.6 Å². The monoisotopic (exact) mass is 419 g/mol. The molecule has 0 aliphatic carbocycles. The highest BCUT2D eigenvalue weighted by Gasteiger charge is 2.21. The van der Waals surface area contributed by atoms with Gasteiger partial charge in [-0.3, -0.25) is 9.10 Å². The van der Waals surface area contributed by atoms with E-state index in [1.54, 1.807) is 31.4 Å². The molecule has 0 spiro atoms. The number of benzene rings is 2. The molecule has 0 saturated heterocycles. The number of hydrogen-bond donors (Lipinski definition) is 1. The minimum absolute atomic E-state index is 0.136. The third-order valence-corrected chi connectivity index (χ3v) is 6.66. The van der Waals surface area contributed by atoms with Gasteiger partial charge in [-0.05, 0) is 54.8 Å². The van der Waals surface area contributed by atoms with Gasteiger partial charge in [0.2, 0.25) is 0 Å².